The first-order valence-corrected chi connectivity index (χ1v) is 14.4. The molecule has 4 amide bonds. The summed E-state index contributed by atoms with van der Waals surface area (Å²) in [6, 6.07) is 23.6. The molecule has 3 aromatic rings. The molecule has 9 heteroatoms. The van der Waals surface area contributed by atoms with Crippen molar-refractivity contribution in [2.45, 2.75) is 57.2 Å². The maximum atomic E-state index is 13.4. The van der Waals surface area contributed by atoms with E-state index in [1.165, 1.54) is 0 Å². The lowest BCUT2D eigenvalue weighted by Gasteiger charge is -2.22. The van der Waals surface area contributed by atoms with Gasteiger partial charge in [-0.1, -0.05) is 85.6 Å². The zero-order chi connectivity index (χ0) is 29.6. The third-order valence-electron chi connectivity index (χ3n) is 7.01. The Balaban J connectivity index is 1.55. The smallest absolute Gasteiger partial charge is 0.255 e. The van der Waals surface area contributed by atoms with Gasteiger partial charge in [-0.05, 0) is 36.1 Å². The Morgan fingerprint density at radius 1 is 0.786 bits per heavy atom. The van der Waals surface area contributed by atoms with Crippen LogP contribution in [0.5, 0.6) is 5.75 Å². The second kappa shape index (κ2) is 16.0. The number of fused-ring (bicyclic) bond motifs is 1. The van der Waals surface area contributed by atoms with Gasteiger partial charge in [-0.15, -0.1) is 0 Å². The maximum Gasteiger partial charge on any atom is 0.255 e. The van der Waals surface area contributed by atoms with Gasteiger partial charge in [-0.3, -0.25) is 19.2 Å². The standard InChI is InChI=1S/C33H38N4O5/c38-30-22-28(33(41)35-23-25-15-7-4-8-16-25)37-31(39)26-17-9-10-18-29(26)42-20-12-2-1-11-19-34-32(40)27(36-30)21-24-13-5-3-6-14-24/h3-10,13-18,27-28H,1-2,11-12,19-23H2,(H,34,40)(H,35,41)(H,36,38)(H,37,39)/t27-,28-/m0/s1. The van der Waals surface area contributed by atoms with E-state index in [0.717, 1.165) is 36.8 Å². The average molecular weight is 571 g/mol. The first-order chi connectivity index (χ1) is 20.5. The van der Waals surface area contributed by atoms with Gasteiger partial charge in [0.25, 0.3) is 5.91 Å². The van der Waals surface area contributed by atoms with Crippen LogP contribution in [0.1, 0.15) is 53.6 Å². The molecule has 220 valence electrons. The molecule has 2 atom stereocenters. The second-order valence-corrected chi connectivity index (χ2v) is 10.3. The molecule has 0 aromatic heterocycles. The highest BCUT2D eigenvalue weighted by Crippen LogP contribution is 2.19. The molecular weight excluding hydrogens is 532 g/mol. The molecule has 0 aliphatic carbocycles. The van der Waals surface area contributed by atoms with Gasteiger partial charge >= 0.3 is 0 Å². The highest BCUT2D eigenvalue weighted by molar-refractivity contribution is 6.01. The zero-order valence-electron chi connectivity index (χ0n) is 23.6. The van der Waals surface area contributed by atoms with Crippen LogP contribution in [0.15, 0.2) is 84.9 Å². The summed E-state index contributed by atoms with van der Waals surface area (Å²) < 4.78 is 5.90. The van der Waals surface area contributed by atoms with Crippen LogP contribution in [0.3, 0.4) is 0 Å². The van der Waals surface area contributed by atoms with Crippen LogP contribution in [0.4, 0.5) is 0 Å². The minimum absolute atomic E-state index is 0.229. The Kier molecular flexibility index (Phi) is 11.5. The van der Waals surface area contributed by atoms with Gasteiger partial charge in [0.1, 0.15) is 17.8 Å². The van der Waals surface area contributed by atoms with E-state index in [4.69, 9.17) is 4.74 Å². The largest absolute Gasteiger partial charge is 0.493 e. The van der Waals surface area contributed by atoms with Gasteiger partial charge in [0.2, 0.25) is 17.7 Å². The van der Waals surface area contributed by atoms with Crippen molar-refractivity contribution < 1.29 is 23.9 Å². The number of carbonyl (C=O) groups excluding carboxylic acids is 4. The van der Waals surface area contributed by atoms with Gasteiger partial charge in [0.05, 0.1) is 18.6 Å². The van der Waals surface area contributed by atoms with E-state index < -0.39 is 29.8 Å². The van der Waals surface area contributed by atoms with E-state index in [2.05, 4.69) is 21.3 Å². The lowest BCUT2D eigenvalue weighted by molar-refractivity contribution is -0.131. The first-order valence-electron chi connectivity index (χ1n) is 14.4. The number of carbonyl (C=O) groups is 4. The average Bonchev–Trinajstić information content (AvgIpc) is 3.01. The Morgan fingerprint density at radius 2 is 1.45 bits per heavy atom. The molecule has 9 nitrogen and oxygen atoms in total. The third kappa shape index (κ3) is 9.47. The van der Waals surface area contributed by atoms with Crippen LogP contribution >= 0.6 is 0 Å². The van der Waals surface area contributed by atoms with Crippen molar-refractivity contribution in [2.24, 2.45) is 0 Å². The summed E-state index contributed by atoms with van der Waals surface area (Å²) in [5.74, 6) is -1.45. The van der Waals surface area contributed by atoms with E-state index in [0.29, 0.717) is 25.3 Å². The summed E-state index contributed by atoms with van der Waals surface area (Å²) in [7, 11) is 0. The SMILES string of the molecule is O=C1C[C@@H](C(=O)NCc2ccccc2)NC(=O)c2ccccc2OCCCCCCNC(=O)[C@H](Cc2ccccc2)N1. The number of rotatable bonds is 5. The summed E-state index contributed by atoms with van der Waals surface area (Å²) in [5.41, 5.74) is 2.04. The Morgan fingerprint density at radius 3 is 2.21 bits per heavy atom. The quantitative estimate of drug-likeness (QED) is 0.375. The van der Waals surface area contributed by atoms with Crippen LogP contribution in [-0.2, 0) is 27.3 Å². The molecule has 1 aliphatic heterocycles. The highest BCUT2D eigenvalue weighted by Gasteiger charge is 2.28. The van der Waals surface area contributed by atoms with Crippen molar-refractivity contribution in [2.75, 3.05) is 13.2 Å². The number of amides is 4. The number of nitrogens with one attached hydrogen (secondary N) is 4. The number of para-hydroxylation sites is 1. The lowest BCUT2D eigenvalue weighted by Crippen LogP contribution is -2.52. The van der Waals surface area contributed by atoms with Crippen LogP contribution < -0.4 is 26.0 Å². The Labute approximate surface area is 246 Å². The summed E-state index contributed by atoms with van der Waals surface area (Å²) in [5, 5.41) is 11.3. The van der Waals surface area contributed by atoms with E-state index in [-0.39, 0.29) is 24.4 Å². The van der Waals surface area contributed by atoms with Crippen LogP contribution in [0.25, 0.3) is 0 Å². The van der Waals surface area contributed by atoms with E-state index in [1.54, 1.807) is 24.3 Å². The summed E-state index contributed by atoms with van der Waals surface area (Å²) in [4.78, 5) is 53.1. The fourth-order valence-electron chi connectivity index (χ4n) is 4.73. The maximum absolute atomic E-state index is 13.4. The topological polar surface area (TPSA) is 126 Å². The molecule has 0 bridgehead atoms. The molecule has 0 fully saturated rings. The van der Waals surface area contributed by atoms with Crippen molar-refractivity contribution in [1.29, 1.82) is 0 Å². The van der Waals surface area contributed by atoms with E-state index in [9.17, 15) is 19.2 Å². The van der Waals surface area contributed by atoms with Gasteiger partial charge in [0.15, 0.2) is 0 Å². The number of ether oxygens (including phenoxy) is 1. The zero-order valence-corrected chi connectivity index (χ0v) is 23.6. The third-order valence-corrected chi connectivity index (χ3v) is 7.01. The summed E-state index contributed by atoms with van der Waals surface area (Å²) in [6.45, 7) is 1.15. The van der Waals surface area contributed by atoms with Crippen LogP contribution in [0, 0.1) is 0 Å². The molecule has 42 heavy (non-hydrogen) atoms. The minimum Gasteiger partial charge on any atom is -0.493 e. The molecule has 0 spiro atoms. The van der Waals surface area contributed by atoms with E-state index >= 15 is 0 Å². The number of benzene rings is 3. The molecule has 1 heterocycles. The predicted molar refractivity (Wildman–Crippen MR) is 160 cm³/mol. The number of hydrogen-bond acceptors (Lipinski definition) is 5. The molecule has 4 rings (SSSR count). The molecule has 0 radical (unpaired) electrons. The Bertz CT molecular complexity index is 1330. The fraction of sp³-hybridized carbons (Fsp3) is 0.333. The van der Waals surface area contributed by atoms with Gasteiger partial charge in [0, 0.05) is 19.5 Å². The molecule has 0 saturated carbocycles. The summed E-state index contributed by atoms with van der Waals surface area (Å²) in [6.07, 6.45) is 3.33. The van der Waals surface area contributed by atoms with Crippen LogP contribution in [0.2, 0.25) is 0 Å². The van der Waals surface area contributed by atoms with Gasteiger partial charge in [-0.2, -0.15) is 0 Å². The lowest BCUT2D eigenvalue weighted by atomic mass is 10.0. The molecule has 0 saturated heterocycles. The van der Waals surface area contributed by atoms with Crippen molar-refractivity contribution >= 4 is 23.6 Å². The van der Waals surface area contributed by atoms with Crippen LogP contribution in [-0.4, -0.2) is 48.9 Å². The van der Waals surface area contributed by atoms with Gasteiger partial charge in [-0.25, -0.2) is 0 Å². The number of hydrogen-bond donors (Lipinski definition) is 4. The highest BCUT2D eigenvalue weighted by atomic mass is 16.5. The predicted octanol–water partition coefficient (Wildman–Crippen LogP) is 3.29. The van der Waals surface area contributed by atoms with Crippen molar-refractivity contribution in [1.82, 2.24) is 21.3 Å². The molecule has 1 aliphatic rings. The molecule has 0 unspecified atom stereocenters. The normalized spacial score (nSPS) is 19.0. The fourth-order valence-corrected chi connectivity index (χ4v) is 4.73. The minimum atomic E-state index is -1.19. The monoisotopic (exact) mass is 570 g/mol. The molecular formula is C33H38N4O5. The summed E-state index contributed by atoms with van der Waals surface area (Å²) >= 11 is 0. The van der Waals surface area contributed by atoms with Crippen molar-refractivity contribution in [3.8, 4) is 5.75 Å². The molecule has 4 N–H and O–H groups in total. The first kappa shape index (κ1) is 30.3. The molecule has 3 aromatic carbocycles. The van der Waals surface area contributed by atoms with Crippen molar-refractivity contribution in [3.63, 3.8) is 0 Å². The Hall–Kier alpha value is -4.66. The van der Waals surface area contributed by atoms with Gasteiger partial charge < -0.3 is 26.0 Å². The second-order valence-electron chi connectivity index (χ2n) is 10.3. The van der Waals surface area contributed by atoms with E-state index in [1.807, 2.05) is 60.7 Å². The van der Waals surface area contributed by atoms with Crippen molar-refractivity contribution in [3.05, 3.63) is 102 Å².